The zero-order chi connectivity index (χ0) is 28.4. The average Bonchev–Trinajstić information content (AvgIpc) is 2.90. The van der Waals surface area contributed by atoms with Gasteiger partial charge in [-0.25, -0.2) is 0 Å². The standard InChI is InChI=1S/C26H50N4O8/c1-5-35-21-13-27-23(31)9-15-29(3)17-11-25(33)37-19-7-8-20-38-26(34)12-18-30(4)16-10-24(32)28-14-22-36-6-2/h5-22H2,1-4H3,(H,27,31)(H,28,32). The Morgan fingerprint density at radius 1 is 0.579 bits per heavy atom. The van der Waals surface area contributed by atoms with Crippen LogP contribution in [0.2, 0.25) is 0 Å². The summed E-state index contributed by atoms with van der Waals surface area (Å²) >= 11 is 0. The highest BCUT2D eigenvalue weighted by molar-refractivity contribution is 5.76. The van der Waals surface area contributed by atoms with Gasteiger partial charge in [-0.3, -0.25) is 19.2 Å². The Hall–Kier alpha value is -2.28. The molecule has 0 aliphatic heterocycles. The molecule has 0 aliphatic rings. The number of amides is 2. The lowest BCUT2D eigenvalue weighted by Crippen LogP contribution is -2.32. The number of carbonyl (C=O) groups excluding carboxylic acids is 4. The number of hydrogen-bond donors (Lipinski definition) is 2. The van der Waals surface area contributed by atoms with Gasteiger partial charge < -0.3 is 39.4 Å². The van der Waals surface area contributed by atoms with Gasteiger partial charge in [0.25, 0.3) is 0 Å². The molecular formula is C26H50N4O8. The fraction of sp³-hybridized carbons (Fsp3) is 0.846. The summed E-state index contributed by atoms with van der Waals surface area (Å²) in [6.45, 7) is 9.74. The second-order valence-corrected chi connectivity index (χ2v) is 8.85. The Kier molecular flexibility index (Phi) is 23.5. The lowest BCUT2D eigenvalue weighted by atomic mass is 10.3. The van der Waals surface area contributed by atoms with Gasteiger partial charge in [0.2, 0.25) is 11.8 Å². The van der Waals surface area contributed by atoms with E-state index in [4.69, 9.17) is 18.9 Å². The van der Waals surface area contributed by atoms with Crippen LogP contribution in [0.1, 0.15) is 52.4 Å². The van der Waals surface area contributed by atoms with Crippen molar-refractivity contribution in [3.63, 3.8) is 0 Å². The van der Waals surface area contributed by atoms with Crippen LogP contribution >= 0.6 is 0 Å². The molecule has 0 saturated carbocycles. The van der Waals surface area contributed by atoms with E-state index in [0.29, 0.717) is 91.4 Å². The Morgan fingerprint density at radius 2 is 0.947 bits per heavy atom. The quantitative estimate of drug-likeness (QED) is 0.124. The number of esters is 2. The van der Waals surface area contributed by atoms with E-state index in [-0.39, 0.29) is 49.8 Å². The molecule has 0 fully saturated rings. The SMILES string of the molecule is CCOCCNC(=O)CCN(C)CCC(=O)OCCCCOC(=O)CCN(C)CCC(=O)NCCOCC. The van der Waals surface area contributed by atoms with Crippen molar-refractivity contribution in [2.75, 3.05) is 93.0 Å². The summed E-state index contributed by atoms with van der Waals surface area (Å²) in [5, 5.41) is 5.57. The lowest BCUT2D eigenvalue weighted by molar-refractivity contribution is -0.146. The maximum atomic E-state index is 11.9. The Bertz CT molecular complexity index is 597. The highest BCUT2D eigenvalue weighted by Crippen LogP contribution is 1.99. The van der Waals surface area contributed by atoms with Crippen molar-refractivity contribution in [3.8, 4) is 0 Å². The van der Waals surface area contributed by atoms with E-state index < -0.39 is 0 Å². The third-order valence-electron chi connectivity index (χ3n) is 5.45. The molecule has 2 amide bonds. The number of ether oxygens (including phenoxy) is 4. The molecule has 222 valence electrons. The summed E-state index contributed by atoms with van der Waals surface area (Å²) in [6.07, 6.45) is 2.43. The molecule has 0 aromatic heterocycles. The molecule has 0 aromatic carbocycles. The summed E-state index contributed by atoms with van der Waals surface area (Å²) in [7, 11) is 3.71. The van der Waals surface area contributed by atoms with Crippen LogP contribution in [-0.4, -0.2) is 127 Å². The summed E-state index contributed by atoms with van der Waals surface area (Å²) in [5.74, 6) is -0.664. The summed E-state index contributed by atoms with van der Waals surface area (Å²) in [5.41, 5.74) is 0. The zero-order valence-electron chi connectivity index (χ0n) is 23.9. The smallest absolute Gasteiger partial charge is 0.307 e. The van der Waals surface area contributed by atoms with Crippen molar-refractivity contribution in [2.24, 2.45) is 0 Å². The summed E-state index contributed by atoms with van der Waals surface area (Å²) in [4.78, 5) is 51.1. The van der Waals surface area contributed by atoms with Crippen LogP contribution in [0.3, 0.4) is 0 Å². The van der Waals surface area contributed by atoms with Crippen LogP contribution in [0.25, 0.3) is 0 Å². The predicted octanol–water partition coefficient (Wildman–Crippen LogP) is 0.582. The van der Waals surface area contributed by atoms with Gasteiger partial charge in [-0.15, -0.1) is 0 Å². The number of carbonyl (C=O) groups is 4. The van der Waals surface area contributed by atoms with Gasteiger partial charge in [0.1, 0.15) is 0 Å². The molecule has 0 aliphatic carbocycles. The highest BCUT2D eigenvalue weighted by Gasteiger charge is 2.10. The third-order valence-corrected chi connectivity index (χ3v) is 5.45. The normalized spacial score (nSPS) is 11.0. The van der Waals surface area contributed by atoms with Gasteiger partial charge >= 0.3 is 11.9 Å². The first kappa shape index (κ1) is 35.7. The van der Waals surface area contributed by atoms with Crippen molar-refractivity contribution < 1.29 is 38.1 Å². The molecule has 0 atom stereocenters. The number of nitrogens with zero attached hydrogens (tertiary/aromatic N) is 2. The van der Waals surface area contributed by atoms with Crippen molar-refractivity contribution in [1.82, 2.24) is 20.4 Å². The largest absolute Gasteiger partial charge is 0.466 e. The van der Waals surface area contributed by atoms with Gasteiger partial charge in [0.15, 0.2) is 0 Å². The van der Waals surface area contributed by atoms with E-state index in [0.717, 1.165) is 0 Å². The van der Waals surface area contributed by atoms with Crippen molar-refractivity contribution >= 4 is 23.8 Å². The van der Waals surface area contributed by atoms with Crippen LogP contribution < -0.4 is 10.6 Å². The van der Waals surface area contributed by atoms with Gasteiger partial charge in [0.05, 0.1) is 39.3 Å². The lowest BCUT2D eigenvalue weighted by Gasteiger charge is -2.16. The minimum atomic E-state index is -0.291. The molecule has 0 aromatic rings. The van der Waals surface area contributed by atoms with Crippen LogP contribution in [0.4, 0.5) is 0 Å². The predicted molar refractivity (Wildman–Crippen MR) is 144 cm³/mol. The molecule has 12 heteroatoms. The molecule has 0 radical (unpaired) electrons. The molecule has 0 rings (SSSR count). The maximum absolute atomic E-state index is 11.9. The van der Waals surface area contributed by atoms with E-state index in [1.165, 1.54) is 0 Å². The van der Waals surface area contributed by atoms with Gasteiger partial charge in [-0.1, -0.05) is 0 Å². The molecule has 2 N–H and O–H groups in total. The fourth-order valence-electron chi connectivity index (χ4n) is 3.08. The van der Waals surface area contributed by atoms with E-state index in [1.54, 1.807) is 0 Å². The van der Waals surface area contributed by atoms with Crippen LogP contribution in [-0.2, 0) is 38.1 Å². The molecule has 0 saturated heterocycles. The average molecular weight is 547 g/mol. The molecule has 0 unspecified atom stereocenters. The minimum Gasteiger partial charge on any atom is -0.466 e. The topological polar surface area (TPSA) is 136 Å². The van der Waals surface area contributed by atoms with Crippen LogP contribution in [0.15, 0.2) is 0 Å². The van der Waals surface area contributed by atoms with E-state index in [1.807, 2.05) is 37.7 Å². The summed E-state index contributed by atoms with van der Waals surface area (Å²) < 4.78 is 20.8. The number of unbranched alkanes of at least 4 members (excludes halogenated alkanes) is 1. The van der Waals surface area contributed by atoms with Crippen LogP contribution in [0, 0.1) is 0 Å². The summed E-state index contributed by atoms with van der Waals surface area (Å²) in [6, 6.07) is 0. The second kappa shape index (κ2) is 25.0. The van der Waals surface area contributed by atoms with Crippen molar-refractivity contribution in [3.05, 3.63) is 0 Å². The monoisotopic (exact) mass is 546 g/mol. The first-order valence-electron chi connectivity index (χ1n) is 13.7. The first-order valence-corrected chi connectivity index (χ1v) is 13.7. The Balaban J connectivity index is 3.65. The molecule has 12 nitrogen and oxygen atoms in total. The number of hydrogen-bond acceptors (Lipinski definition) is 10. The van der Waals surface area contributed by atoms with Crippen molar-refractivity contribution in [2.45, 2.75) is 52.4 Å². The third kappa shape index (κ3) is 24.1. The van der Waals surface area contributed by atoms with E-state index >= 15 is 0 Å². The van der Waals surface area contributed by atoms with Gasteiger partial charge in [-0.2, -0.15) is 0 Å². The molecule has 0 spiro atoms. The molecule has 0 bridgehead atoms. The van der Waals surface area contributed by atoms with Gasteiger partial charge in [-0.05, 0) is 40.8 Å². The number of nitrogens with one attached hydrogen (secondary N) is 2. The maximum Gasteiger partial charge on any atom is 0.307 e. The Labute approximate surface area is 228 Å². The van der Waals surface area contributed by atoms with Crippen LogP contribution in [0.5, 0.6) is 0 Å². The first-order chi connectivity index (χ1) is 18.3. The van der Waals surface area contributed by atoms with E-state index in [2.05, 4.69) is 10.6 Å². The zero-order valence-corrected chi connectivity index (χ0v) is 23.9. The van der Waals surface area contributed by atoms with E-state index in [9.17, 15) is 19.2 Å². The molecule has 0 heterocycles. The fourth-order valence-corrected chi connectivity index (χ4v) is 3.08. The van der Waals surface area contributed by atoms with Crippen molar-refractivity contribution in [1.29, 1.82) is 0 Å². The highest BCUT2D eigenvalue weighted by atomic mass is 16.5. The molecule has 38 heavy (non-hydrogen) atoms. The molecular weight excluding hydrogens is 496 g/mol. The minimum absolute atomic E-state index is 0.0411. The van der Waals surface area contributed by atoms with Gasteiger partial charge in [0, 0.05) is 65.3 Å². The number of rotatable bonds is 25. The Morgan fingerprint density at radius 3 is 1.32 bits per heavy atom. The second-order valence-electron chi connectivity index (χ2n) is 8.85.